The molecule has 7 heteroatoms. The molecule has 6 nitrogen and oxygen atoms in total. The van der Waals surface area contributed by atoms with Crippen LogP contribution in [0.2, 0.25) is 0 Å². The number of nitro benzene ring substituents is 1. The van der Waals surface area contributed by atoms with Crippen molar-refractivity contribution in [3.8, 4) is 0 Å². The molecule has 0 saturated heterocycles. The highest BCUT2D eigenvalue weighted by molar-refractivity contribution is 7.80. The zero-order valence-corrected chi connectivity index (χ0v) is 9.07. The van der Waals surface area contributed by atoms with Crippen LogP contribution in [0.25, 0.3) is 0 Å². The number of hydrogen-bond acceptors (Lipinski definition) is 6. The van der Waals surface area contributed by atoms with Crippen LogP contribution < -0.4 is 11.5 Å². The number of benzene rings is 1. The molecule has 0 amide bonds. The highest BCUT2D eigenvalue weighted by atomic mass is 32.1. The molecule has 0 atom stereocenters. The Morgan fingerprint density at radius 3 is 2.33 bits per heavy atom. The zero-order chi connectivity index (χ0) is 12.0. The van der Waals surface area contributed by atoms with Crippen LogP contribution in [0.1, 0.15) is 6.92 Å². The Morgan fingerprint density at radius 1 is 1.47 bits per heavy atom. The molecule has 0 fully saturated rings. The number of nitrogens with two attached hydrogens (primary N) is 2. The predicted octanol–water partition coefficient (Wildman–Crippen LogP) is 1.05. The SMILES string of the molecule is CCO.Nc1cc([N+](=O)[O-])c(N)cc1S. The molecule has 0 aliphatic carbocycles. The van der Waals surface area contributed by atoms with E-state index in [-0.39, 0.29) is 23.7 Å². The van der Waals surface area contributed by atoms with Crippen molar-refractivity contribution in [1.82, 2.24) is 0 Å². The van der Waals surface area contributed by atoms with Gasteiger partial charge in [0.05, 0.1) is 10.6 Å². The van der Waals surface area contributed by atoms with Gasteiger partial charge in [0.25, 0.3) is 5.69 Å². The Labute approximate surface area is 92.4 Å². The standard InChI is InChI=1S/C6H7N3O2S.C2H6O/c7-3-2-6(12)4(8)1-5(3)9(10)11;1-2-3/h1-2,12H,7-8H2;3H,2H2,1H3. The van der Waals surface area contributed by atoms with Gasteiger partial charge in [-0.15, -0.1) is 12.6 Å². The molecule has 0 aliphatic rings. The largest absolute Gasteiger partial charge is 0.398 e. The summed E-state index contributed by atoms with van der Waals surface area (Å²) in [4.78, 5) is 10.2. The molecule has 0 aliphatic heterocycles. The van der Waals surface area contributed by atoms with Crippen LogP contribution in [-0.2, 0) is 0 Å². The van der Waals surface area contributed by atoms with Crippen LogP contribution in [0.3, 0.4) is 0 Å². The number of nitro groups is 1. The molecule has 84 valence electrons. The molecule has 5 N–H and O–H groups in total. The number of aliphatic hydroxyl groups is 1. The molecule has 0 radical (unpaired) electrons. The van der Waals surface area contributed by atoms with Gasteiger partial charge in [-0.1, -0.05) is 0 Å². The van der Waals surface area contributed by atoms with Crippen molar-refractivity contribution in [2.75, 3.05) is 18.1 Å². The fourth-order valence-corrected chi connectivity index (χ4v) is 0.971. The summed E-state index contributed by atoms with van der Waals surface area (Å²) >= 11 is 3.96. The number of nitrogen functional groups attached to an aromatic ring is 2. The number of hydrogen-bond donors (Lipinski definition) is 4. The van der Waals surface area contributed by atoms with Crippen LogP contribution in [0.5, 0.6) is 0 Å². The average Bonchev–Trinajstić information content (AvgIpc) is 2.12. The van der Waals surface area contributed by atoms with Crippen molar-refractivity contribution in [1.29, 1.82) is 0 Å². The van der Waals surface area contributed by atoms with E-state index < -0.39 is 4.92 Å². The van der Waals surface area contributed by atoms with Gasteiger partial charge in [0, 0.05) is 17.6 Å². The second-order valence-electron chi connectivity index (χ2n) is 2.54. The molecule has 15 heavy (non-hydrogen) atoms. The fraction of sp³-hybridized carbons (Fsp3) is 0.250. The van der Waals surface area contributed by atoms with E-state index in [1.54, 1.807) is 6.92 Å². The maximum Gasteiger partial charge on any atom is 0.294 e. The van der Waals surface area contributed by atoms with E-state index in [9.17, 15) is 10.1 Å². The summed E-state index contributed by atoms with van der Waals surface area (Å²) in [5.41, 5.74) is 10.9. The number of nitrogens with zero attached hydrogens (tertiary/aromatic N) is 1. The summed E-state index contributed by atoms with van der Waals surface area (Å²) < 4.78 is 0. The Hall–Kier alpha value is -1.47. The van der Waals surface area contributed by atoms with Crippen LogP contribution in [0.4, 0.5) is 17.1 Å². The highest BCUT2D eigenvalue weighted by Crippen LogP contribution is 2.28. The third-order valence-electron chi connectivity index (χ3n) is 1.37. The smallest absolute Gasteiger partial charge is 0.294 e. The van der Waals surface area contributed by atoms with Gasteiger partial charge in [-0.25, -0.2) is 0 Å². The quantitative estimate of drug-likeness (QED) is 0.249. The minimum Gasteiger partial charge on any atom is -0.398 e. The van der Waals surface area contributed by atoms with E-state index in [1.165, 1.54) is 12.1 Å². The van der Waals surface area contributed by atoms with Crippen molar-refractivity contribution in [2.24, 2.45) is 0 Å². The second-order valence-corrected chi connectivity index (χ2v) is 3.02. The first kappa shape index (κ1) is 13.5. The number of anilines is 2. The molecule has 0 spiro atoms. The molecule has 0 heterocycles. The molecule has 1 aromatic carbocycles. The van der Waals surface area contributed by atoms with Crippen molar-refractivity contribution in [2.45, 2.75) is 11.8 Å². The van der Waals surface area contributed by atoms with Gasteiger partial charge in [0.2, 0.25) is 0 Å². The second kappa shape index (κ2) is 6.10. The maximum absolute atomic E-state index is 10.3. The number of rotatable bonds is 1. The summed E-state index contributed by atoms with van der Waals surface area (Å²) in [6, 6.07) is 2.55. The van der Waals surface area contributed by atoms with Crippen LogP contribution in [0.15, 0.2) is 17.0 Å². The van der Waals surface area contributed by atoms with E-state index in [2.05, 4.69) is 12.6 Å². The minimum atomic E-state index is -0.584. The Morgan fingerprint density at radius 2 is 1.93 bits per heavy atom. The molecular formula is C8H13N3O3S. The van der Waals surface area contributed by atoms with Crippen molar-refractivity contribution in [3.63, 3.8) is 0 Å². The first-order valence-electron chi connectivity index (χ1n) is 4.07. The van der Waals surface area contributed by atoms with E-state index in [1.807, 2.05) is 0 Å². The van der Waals surface area contributed by atoms with Crippen LogP contribution in [0, 0.1) is 10.1 Å². The monoisotopic (exact) mass is 231 g/mol. The van der Waals surface area contributed by atoms with E-state index in [0.717, 1.165) is 0 Å². The predicted molar refractivity (Wildman–Crippen MR) is 61.9 cm³/mol. The molecule has 1 aromatic rings. The molecule has 0 aromatic heterocycles. The van der Waals surface area contributed by atoms with Gasteiger partial charge in [-0.05, 0) is 13.0 Å². The number of thiol groups is 1. The van der Waals surface area contributed by atoms with Crippen LogP contribution in [-0.4, -0.2) is 16.6 Å². The maximum atomic E-state index is 10.3. The lowest BCUT2D eigenvalue weighted by molar-refractivity contribution is -0.383. The normalized spacial score (nSPS) is 9.00. The van der Waals surface area contributed by atoms with Gasteiger partial charge < -0.3 is 16.6 Å². The van der Waals surface area contributed by atoms with E-state index >= 15 is 0 Å². The van der Waals surface area contributed by atoms with Crippen molar-refractivity contribution in [3.05, 3.63) is 22.2 Å². The first-order chi connectivity index (χ1) is 6.93. The molecule has 0 bridgehead atoms. The summed E-state index contributed by atoms with van der Waals surface area (Å²) in [6.07, 6.45) is 0. The number of aliphatic hydroxyl groups excluding tert-OH is 1. The topological polar surface area (TPSA) is 115 Å². The molecular weight excluding hydrogens is 218 g/mol. The van der Waals surface area contributed by atoms with Crippen molar-refractivity contribution < 1.29 is 10.0 Å². The van der Waals surface area contributed by atoms with Gasteiger partial charge in [0.15, 0.2) is 0 Å². The summed E-state index contributed by atoms with van der Waals surface area (Å²) in [5, 5.41) is 17.9. The zero-order valence-electron chi connectivity index (χ0n) is 8.17. The van der Waals surface area contributed by atoms with Gasteiger partial charge in [0.1, 0.15) is 5.69 Å². The Balaban J connectivity index is 0.000000583. The van der Waals surface area contributed by atoms with Gasteiger partial charge in [-0.3, -0.25) is 10.1 Å². The third kappa shape index (κ3) is 4.05. The lowest BCUT2D eigenvalue weighted by Gasteiger charge is -2.00. The van der Waals surface area contributed by atoms with Gasteiger partial charge >= 0.3 is 0 Å². The van der Waals surface area contributed by atoms with E-state index in [0.29, 0.717) is 4.90 Å². The third-order valence-corrected chi connectivity index (χ3v) is 1.76. The summed E-state index contributed by atoms with van der Waals surface area (Å²) in [5.74, 6) is 0. The Kier molecular flexibility index (Phi) is 5.50. The molecule has 1 rings (SSSR count). The molecule has 0 unspecified atom stereocenters. The van der Waals surface area contributed by atoms with Crippen LogP contribution >= 0.6 is 12.6 Å². The first-order valence-corrected chi connectivity index (χ1v) is 4.51. The average molecular weight is 231 g/mol. The lowest BCUT2D eigenvalue weighted by atomic mass is 10.2. The lowest BCUT2D eigenvalue weighted by Crippen LogP contribution is -1.98. The minimum absolute atomic E-state index is 0.0687. The fourth-order valence-electron chi connectivity index (χ4n) is 0.767. The van der Waals surface area contributed by atoms with Gasteiger partial charge in [-0.2, -0.15) is 0 Å². The highest BCUT2D eigenvalue weighted by Gasteiger charge is 2.12. The summed E-state index contributed by atoms with van der Waals surface area (Å²) in [6.45, 7) is 1.93. The Bertz CT molecular complexity index is 357. The van der Waals surface area contributed by atoms with Crippen molar-refractivity contribution >= 4 is 29.7 Å². The summed E-state index contributed by atoms with van der Waals surface area (Å²) in [7, 11) is 0. The molecule has 0 saturated carbocycles. The van der Waals surface area contributed by atoms with E-state index in [4.69, 9.17) is 16.6 Å².